The van der Waals surface area contributed by atoms with Crippen molar-refractivity contribution in [3.05, 3.63) is 61.1 Å². The zero-order valence-electron chi connectivity index (χ0n) is 13.0. The first kappa shape index (κ1) is 14.2. The number of hydrogen-bond donors (Lipinski definition) is 2. The number of H-pyrrole nitrogens is 1. The van der Waals surface area contributed by atoms with E-state index in [1.807, 2.05) is 36.4 Å². The number of nitrogens with one attached hydrogen (secondary N) is 2. The van der Waals surface area contributed by atoms with Gasteiger partial charge in [0.1, 0.15) is 17.9 Å². The van der Waals surface area contributed by atoms with E-state index < -0.39 is 0 Å². The first-order chi connectivity index (χ1) is 11.8. The highest BCUT2D eigenvalue weighted by Gasteiger charge is 2.10. The van der Waals surface area contributed by atoms with Crippen LogP contribution in [0.15, 0.2) is 61.1 Å². The van der Waals surface area contributed by atoms with Crippen LogP contribution in [0.3, 0.4) is 0 Å². The maximum atomic E-state index is 5.47. The second kappa shape index (κ2) is 6.00. The fourth-order valence-electron chi connectivity index (χ4n) is 2.61. The smallest absolute Gasteiger partial charge is 0.160 e. The summed E-state index contributed by atoms with van der Waals surface area (Å²) in [6.45, 7) is 0. The molecule has 0 aliphatic carbocycles. The topological polar surface area (TPSA) is 75.7 Å². The molecule has 2 N–H and O–H groups in total. The summed E-state index contributed by atoms with van der Waals surface area (Å²) in [5.41, 5.74) is 3.75. The molecule has 0 fully saturated rings. The normalized spacial score (nSPS) is 10.7. The molecule has 118 valence electrons. The van der Waals surface area contributed by atoms with Gasteiger partial charge in [0.2, 0.25) is 0 Å². The van der Waals surface area contributed by atoms with Gasteiger partial charge in [-0.3, -0.25) is 5.10 Å². The van der Waals surface area contributed by atoms with Gasteiger partial charge in [-0.1, -0.05) is 36.4 Å². The number of aromatic amines is 1. The maximum absolute atomic E-state index is 5.47. The Labute approximate surface area is 138 Å². The van der Waals surface area contributed by atoms with Crippen LogP contribution in [0.4, 0.5) is 11.5 Å². The molecular weight excluding hydrogens is 302 g/mol. The molecule has 0 atom stereocenters. The molecule has 6 heteroatoms. The highest BCUT2D eigenvalue weighted by atomic mass is 16.5. The van der Waals surface area contributed by atoms with E-state index in [4.69, 9.17) is 4.74 Å². The summed E-state index contributed by atoms with van der Waals surface area (Å²) in [5.74, 6) is 1.42. The minimum Gasteiger partial charge on any atom is -0.495 e. The summed E-state index contributed by atoms with van der Waals surface area (Å²) >= 11 is 0. The van der Waals surface area contributed by atoms with E-state index in [9.17, 15) is 0 Å². The number of fused-ring (bicyclic) bond motifs is 1. The molecule has 0 bridgehead atoms. The number of hydrogen-bond acceptors (Lipinski definition) is 5. The fraction of sp³-hybridized carbons (Fsp3) is 0.0556. The van der Waals surface area contributed by atoms with Crippen LogP contribution in [0.2, 0.25) is 0 Å². The van der Waals surface area contributed by atoms with Crippen molar-refractivity contribution in [2.75, 3.05) is 12.4 Å². The van der Waals surface area contributed by atoms with Crippen molar-refractivity contribution in [2.45, 2.75) is 0 Å². The van der Waals surface area contributed by atoms with Crippen molar-refractivity contribution in [1.29, 1.82) is 0 Å². The van der Waals surface area contributed by atoms with E-state index in [2.05, 4.69) is 37.6 Å². The van der Waals surface area contributed by atoms with Crippen molar-refractivity contribution in [3.63, 3.8) is 0 Å². The third-order valence-electron chi connectivity index (χ3n) is 3.81. The van der Waals surface area contributed by atoms with Gasteiger partial charge >= 0.3 is 0 Å². The summed E-state index contributed by atoms with van der Waals surface area (Å²) < 4.78 is 5.47. The highest BCUT2D eigenvalue weighted by Crippen LogP contribution is 2.33. The second-order valence-corrected chi connectivity index (χ2v) is 5.26. The van der Waals surface area contributed by atoms with Gasteiger partial charge in [-0.2, -0.15) is 5.10 Å². The standard InChI is InChI=1S/C18H15N5O/c1-24-16-8-7-13(12-5-3-2-4-6-12)9-15(16)22-17-14-10-21-23-18(14)20-11-19-17/h2-11H,1H3,(H2,19,20,21,22,23). The molecule has 2 aromatic carbocycles. The molecule has 0 unspecified atom stereocenters. The average Bonchev–Trinajstić information content (AvgIpc) is 3.12. The van der Waals surface area contributed by atoms with E-state index in [0.29, 0.717) is 11.5 Å². The quantitative estimate of drug-likeness (QED) is 0.599. The van der Waals surface area contributed by atoms with Crippen LogP contribution in [-0.2, 0) is 0 Å². The fourth-order valence-corrected chi connectivity index (χ4v) is 2.61. The van der Waals surface area contributed by atoms with Crippen molar-refractivity contribution in [1.82, 2.24) is 20.2 Å². The lowest BCUT2D eigenvalue weighted by atomic mass is 10.0. The molecule has 2 heterocycles. The van der Waals surface area contributed by atoms with Gasteiger partial charge in [-0.25, -0.2) is 9.97 Å². The van der Waals surface area contributed by atoms with E-state index in [1.165, 1.54) is 6.33 Å². The van der Waals surface area contributed by atoms with Crippen LogP contribution >= 0.6 is 0 Å². The highest BCUT2D eigenvalue weighted by molar-refractivity contribution is 5.89. The largest absolute Gasteiger partial charge is 0.495 e. The molecule has 0 saturated carbocycles. The molecule has 0 amide bonds. The molecule has 0 spiro atoms. The SMILES string of the molecule is COc1ccc(-c2ccccc2)cc1Nc1ncnc2[nH]ncc12. The van der Waals surface area contributed by atoms with Crippen LogP contribution < -0.4 is 10.1 Å². The van der Waals surface area contributed by atoms with Crippen molar-refractivity contribution < 1.29 is 4.74 Å². The van der Waals surface area contributed by atoms with Gasteiger partial charge in [0.25, 0.3) is 0 Å². The molecule has 0 radical (unpaired) electrons. The number of methoxy groups -OCH3 is 1. The Bertz CT molecular complexity index is 981. The van der Waals surface area contributed by atoms with Crippen LogP contribution in [0, 0.1) is 0 Å². The molecule has 4 rings (SSSR count). The minimum atomic E-state index is 0.678. The van der Waals surface area contributed by atoms with E-state index >= 15 is 0 Å². The lowest BCUT2D eigenvalue weighted by molar-refractivity contribution is 0.417. The van der Waals surface area contributed by atoms with Gasteiger partial charge in [0.15, 0.2) is 5.65 Å². The van der Waals surface area contributed by atoms with E-state index in [1.54, 1.807) is 13.3 Å². The van der Waals surface area contributed by atoms with Gasteiger partial charge in [0, 0.05) is 0 Å². The molecule has 0 saturated heterocycles. The van der Waals surface area contributed by atoms with E-state index in [-0.39, 0.29) is 0 Å². The molecule has 0 aliphatic rings. The predicted octanol–water partition coefficient (Wildman–Crippen LogP) is 3.77. The summed E-state index contributed by atoms with van der Waals surface area (Å²) in [4.78, 5) is 8.47. The molecule has 24 heavy (non-hydrogen) atoms. The Kier molecular flexibility index (Phi) is 3.55. The van der Waals surface area contributed by atoms with Gasteiger partial charge in [-0.05, 0) is 23.3 Å². The Hall–Kier alpha value is -3.41. The predicted molar refractivity (Wildman–Crippen MR) is 93.4 cm³/mol. The third kappa shape index (κ3) is 2.54. The number of benzene rings is 2. The molecule has 4 aromatic rings. The van der Waals surface area contributed by atoms with E-state index in [0.717, 1.165) is 28.0 Å². The number of ether oxygens (including phenoxy) is 1. The molecular formula is C18H15N5O. The summed E-state index contributed by atoms with van der Waals surface area (Å²) in [7, 11) is 1.65. The lowest BCUT2D eigenvalue weighted by Gasteiger charge is -2.13. The zero-order valence-corrected chi connectivity index (χ0v) is 13.0. The van der Waals surface area contributed by atoms with Gasteiger partial charge < -0.3 is 10.1 Å². The number of nitrogens with zero attached hydrogens (tertiary/aromatic N) is 3. The van der Waals surface area contributed by atoms with Gasteiger partial charge in [0.05, 0.1) is 24.4 Å². The summed E-state index contributed by atoms with van der Waals surface area (Å²) in [6.07, 6.45) is 3.20. The molecule has 2 aromatic heterocycles. The molecule has 6 nitrogen and oxygen atoms in total. The summed E-state index contributed by atoms with van der Waals surface area (Å²) in [6, 6.07) is 16.2. The Morgan fingerprint density at radius 3 is 2.71 bits per heavy atom. The Balaban J connectivity index is 1.77. The van der Waals surface area contributed by atoms with Crippen molar-refractivity contribution in [2.24, 2.45) is 0 Å². The molecule has 0 aliphatic heterocycles. The van der Waals surface area contributed by atoms with Gasteiger partial charge in [-0.15, -0.1) is 0 Å². The first-order valence-electron chi connectivity index (χ1n) is 7.50. The summed E-state index contributed by atoms with van der Waals surface area (Å²) in [5, 5.41) is 11.0. The van der Waals surface area contributed by atoms with Crippen LogP contribution in [-0.4, -0.2) is 27.3 Å². The number of aromatic nitrogens is 4. The first-order valence-corrected chi connectivity index (χ1v) is 7.50. The number of anilines is 2. The Morgan fingerprint density at radius 2 is 1.88 bits per heavy atom. The van der Waals surface area contributed by atoms with Crippen molar-refractivity contribution in [3.8, 4) is 16.9 Å². The average molecular weight is 317 g/mol. The minimum absolute atomic E-state index is 0.678. The van der Waals surface area contributed by atoms with Crippen LogP contribution in [0.1, 0.15) is 0 Å². The van der Waals surface area contributed by atoms with Crippen LogP contribution in [0.5, 0.6) is 5.75 Å². The lowest BCUT2D eigenvalue weighted by Crippen LogP contribution is -1.98. The zero-order chi connectivity index (χ0) is 16.4. The van der Waals surface area contributed by atoms with Crippen molar-refractivity contribution >= 4 is 22.5 Å². The van der Waals surface area contributed by atoms with Crippen LogP contribution in [0.25, 0.3) is 22.2 Å². The maximum Gasteiger partial charge on any atom is 0.160 e. The number of rotatable bonds is 4. The Morgan fingerprint density at radius 1 is 1.00 bits per heavy atom. The third-order valence-corrected chi connectivity index (χ3v) is 3.81. The monoisotopic (exact) mass is 317 g/mol. The second-order valence-electron chi connectivity index (χ2n) is 5.26.